The van der Waals surface area contributed by atoms with E-state index in [9.17, 15) is 4.79 Å². The van der Waals surface area contributed by atoms with Crippen LogP contribution in [0.5, 0.6) is 11.5 Å². The van der Waals surface area contributed by atoms with Gasteiger partial charge in [-0.3, -0.25) is 4.79 Å². The molecule has 1 aliphatic heterocycles. The van der Waals surface area contributed by atoms with Gasteiger partial charge in [-0.15, -0.1) is 0 Å². The first kappa shape index (κ1) is 13.7. The molecule has 1 aliphatic rings. The van der Waals surface area contributed by atoms with Crippen LogP contribution in [0, 0.1) is 6.92 Å². The fourth-order valence-corrected chi connectivity index (χ4v) is 2.47. The summed E-state index contributed by atoms with van der Waals surface area (Å²) in [7, 11) is 0. The number of ketones is 1. The molecule has 0 bridgehead atoms. The van der Waals surface area contributed by atoms with Crippen molar-refractivity contribution < 1.29 is 14.3 Å². The second kappa shape index (κ2) is 6.00. The molecule has 3 nitrogen and oxygen atoms in total. The number of hydrogen-bond donors (Lipinski definition) is 0. The summed E-state index contributed by atoms with van der Waals surface area (Å²) in [5.41, 5.74) is 3.02. The SMILES string of the molecule is Cc1cccc(OCCC(=O)c2ccc3c(c2)CCO3)c1. The third kappa shape index (κ3) is 3.24. The highest BCUT2D eigenvalue weighted by molar-refractivity contribution is 5.96. The summed E-state index contributed by atoms with van der Waals surface area (Å²) in [4.78, 5) is 12.2. The van der Waals surface area contributed by atoms with E-state index in [-0.39, 0.29) is 5.78 Å². The summed E-state index contributed by atoms with van der Waals surface area (Å²) in [6, 6.07) is 13.5. The number of carbonyl (C=O) groups is 1. The zero-order valence-corrected chi connectivity index (χ0v) is 12.1. The van der Waals surface area contributed by atoms with E-state index in [1.165, 1.54) is 0 Å². The minimum absolute atomic E-state index is 0.109. The summed E-state index contributed by atoms with van der Waals surface area (Å²) >= 11 is 0. The minimum Gasteiger partial charge on any atom is -0.493 e. The second-order valence-electron chi connectivity index (χ2n) is 5.26. The van der Waals surface area contributed by atoms with E-state index >= 15 is 0 Å². The Bertz CT molecular complexity index is 661. The molecule has 0 fully saturated rings. The van der Waals surface area contributed by atoms with Gasteiger partial charge in [0.2, 0.25) is 0 Å². The number of ether oxygens (including phenoxy) is 2. The standard InChI is InChI=1S/C18H18O3/c1-13-3-2-4-16(11-13)20-10-8-17(19)14-5-6-18-15(12-14)7-9-21-18/h2-6,11-12H,7-10H2,1H3. The molecule has 0 N–H and O–H groups in total. The third-order valence-corrected chi connectivity index (χ3v) is 3.60. The van der Waals surface area contributed by atoms with Crippen LogP contribution in [0.15, 0.2) is 42.5 Å². The fraction of sp³-hybridized carbons (Fsp3) is 0.278. The van der Waals surface area contributed by atoms with Crippen molar-refractivity contribution in [2.75, 3.05) is 13.2 Å². The van der Waals surface area contributed by atoms with Gasteiger partial charge in [-0.1, -0.05) is 12.1 Å². The van der Waals surface area contributed by atoms with Gasteiger partial charge in [0.25, 0.3) is 0 Å². The summed E-state index contributed by atoms with van der Waals surface area (Å²) < 4.78 is 11.1. The van der Waals surface area contributed by atoms with E-state index < -0.39 is 0 Å². The van der Waals surface area contributed by atoms with Crippen LogP contribution in [-0.2, 0) is 6.42 Å². The van der Waals surface area contributed by atoms with E-state index in [4.69, 9.17) is 9.47 Å². The Kier molecular flexibility index (Phi) is 3.91. The number of rotatable bonds is 5. The molecule has 1 heterocycles. The maximum atomic E-state index is 12.2. The third-order valence-electron chi connectivity index (χ3n) is 3.60. The van der Waals surface area contributed by atoms with E-state index in [0.717, 1.165) is 34.6 Å². The lowest BCUT2D eigenvalue weighted by molar-refractivity contribution is 0.0962. The lowest BCUT2D eigenvalue weighted by Crippen LogP contribution is -2.07. The fourth-order valence-electron chi connectivity index (χ4n) is 2.47. The van der Waals surface area contributed by atoms with Crippen molar-refractivity contribution in [1.29, 1.82) is 0 Å². The molecule has 0 unspecified atom stereocenters. The summed E-state index contributed by atoms with van der Waals surface area (Å²) in [5, 5.41) is 0. The molecule has 0 saturated heterocycles. The highest BCUT2D eigenvalue weighted by Crippen LogP contribution is 2.26. The Labute approximate surface area is 124 Å². The number of carbonyl (C=O) groups excluding carboxylic acids is 1. The highest BCUT2D eigenvalue weighted by Gasteiger charge is 2.14. The first-order valence-corrected chi connectivity index (χ1v) is 7.21. The zero-order valence-electron chi connectivity index (χ0n) is 12.1. The highest BCUT2D eigenvalue weighted by atomic mass is 16.5. The number of benzene rings is 2. The molecule has 0 aromatic heterocycles. The van der Waals surface area contributed by atoms with E-state index in [0.29, 0.717) is 19.6 Å². The molecular weight excluding hydrogens is 264 g/mol. The number of hydrogen-bond acceptors (Lipinski definition) is 3. The van der Waals surface area contributed by atoms with Crippen LogP contribution < -0.4 is 9.47 Å². The summed E-state index contributed by atoms with van der Waals surface area (Å²) in [6.07, 6.45) is 1.27. The van der Waals surface area contributed by atoms with Crippen LogP contribution >= 0.6 is 0 Å². The molecular formula is C18H18O3. The monoisotopic (exact) mass is 282 g/mol. The van der Waals surface area contributed by atoms with Crippen molar-refractivity contribution >= 4 is 5.78 Å². The molecule has 0 aliphatic carbocycles. The van der Waals surface area contributed by atoms with E-state index in [2.05, 4.69) is 0 Å². The first-order chi connectivity index (χ1) is 10.2. The van der Waals surface area contributed by atoms with Crippen molar-refractivity contribution in [3.8, 4) is 11.5 Å². The van der Waals surface area contributed by atoms with Crippen molar-refractivity contribution in [3.63, 3.8) is 0 Å². The molecule has 0 saturated carbocycles. The average molecular weight is 282 g/mol. The molecule has 21 heavy (non-hydrogen) atoms. The van der Waals surface area contributed by atoms with Gasteiger partial charge in [0.1, 0.15) is 11.5 Å². The van der Waals surface area contributed by atoms with Gasteiger partial charge in [-0.25, -0.2) is 0 Å². The Morgan fingerprint density at radius 1 is 1.24 bits per heavy atom. The Hall–Kier alpha value is -2.29. The lowest BCUT2D eigenvalue weighted by atomic mass is 10.0. The van der Waals surface area contributed by atoms with Crippen LogP contribution in [0.25, 0.3) is 0 Å². The van der Waals surface area contributed by atoms with Gasteiger partial charge in [0, 0.05) is 18.4 Å². The van der Waals surface area contributed by atoms with Crippen LogP contribution in [0.4, 0.5) is 0 Å². The first-order valence-electron chi connectivity index (χ1n) is 7.21. The Balaban J connectivity index is 1.57. The molecule has 0 atom stereocenters. The minimum atomic E-state index is 0.109. The molecule has 2 aromatic rings. The number of fused-ring (bicyclic) bond motifs is 1. The number of aryl methyl sites for hydroxylation is 1. The van der Waals surface area contributed by atoms with Gasteiger partial charge in [-0.2, -0.15) is 0 Å². The van der Waals surface area contributed by atoms with Gasteiger partial charge < -0.3 is 9.47 Å². The molecule has 0 spiro atoms. The van der Waals surface area contributed by atoms with E-state index in [1.54, 1.807) is 0 Å². The smallest absolute Gasteiger partial charge is 0.166 e. The van der Waals surface area contributed by atoms with Crippen LogP contribution in [0.3, 0.4) is 0 Å². The van der Waals surface area contributed by atoms with Crippen molar-refractivity contribution in [1.82, 2.24) is 0 Å². The zero-order chi connectivity index (χ0) is 14.7. The lowest BCUT2D eigenvalue weighted by Gasteiger charge is -2.07. The normalized spacial score (nSPS) is 12.6. The van der Waals surface area contributed by atoms with Gasteiger partial charge in [0.15, 0.2) is 5.78 Å². The topological polar surface area (TPSA) is 35.5 Å². The predicted octanol–water partition coefficient (Wildman–Crippen LogP) is 3.58. The van der Waals surface area contributed by atoms with Crippen molar-refractivity contribution in [3.05, 3.63) is 59.2 Å². The van der Waals surface area contributed by atoms with Crippen molar-refractivity contribution in [2.24, 2.45) is 0 Å². The van der Waals surface area contributed by atoms with Gasteiger partial charge in [0.05, 0.1) is 13.2 Å². The largest absolute Gasteiger partial charge is 0.493 e. The summed E-state index contributed by atoms with van der Waals surface area (Å²) in [6.45, 7) is 3.13. The molecule has 3 rings (SSSR count). The van der Waals surface area contributed by atoms with Crippen LogP contribution in [0.2, 0.25) is 0 Å². The Morgan fingerprint density at radius 2 is 2.14 bits per heavy atom. The van der Waals surface area contributed by atoms with E-state index in [1.807, 2.05) is 49.4 Å². The van der Waals surface area contributed by atoms with Crippen LogP contribution in [-0.4, -0.2) is 19.0 Å². The second-order valence-corrected chi connectivity index (χ2v) is 5.26. The molecule has 0 radical (unpaired) electrons. The Morgan fingerprint density at radius 3 is 3.00 bits per heavy atom. The average Bonchev–Trinajstić information content (AvgIpc) is 2.94. The van der Waals surface area contributed by atoms with Crippen molar-refractivity contribution in [2.45, 2.75) is 19.8 Å². The molecule has 0 amide bonds. The maximum absolute atomic E-state index is 12.2. The quantitative estimate of drug-likeness (QED) is 0.786. The molecule has 3 heteroatoms. The van der Waals surface area contributed by atoms with Gasteiger partial charge in [-0.05, 0) is 48.4 Å². The van der Waals surface area contributed by atoms with Gasteiger partial charge >= 0.3 is 0 Å². The summed E-state index contributed by atoms with van der Waals surface area (Å²) in [5.74, 6) is 1.82. The maximum Gasteiger partial charge on any atom is 0.166 e. The van der Waals surface area contributed by atoms with Crippen LogP contribution in [0.1, 0.15) is 27.9 Å². The molecule has 108 valence electrons. The number of Topliss-reactive ketones (excluding diaryl/α,β-unsaturated/α-hetero) is 1. The predicted molar refractivity (Wildman–Crippen MR) is 81.3 cm³/mol. The molecule has 2 aromatic carbocycles.